The van der Waals surface area contributed by atoms with Crippen LogP contribution < -0.4 is 15.6 Å². The van der Waals surface area contributed by atoms with Crippen LogP contribution in [-0.4, -0.2) is 49.7 Å². The van der Waals surface area contributed by atoms with Gasteiger partial charge in [-0.25, -0.2) is 22.2 Å². The zero-order valence-electron chi connectivity index (χ0n) is 32.2. The number of alkyl halides is 5. The molecule has 1 fully saturated rings. The number of nitrogens with one attached hydrogen (secondary N) is 2. The van der Waals surface area contributed by atoms with Crippen molar-refractivity contribution in [2.75, 3.05) is 11.0 Å². The second kappa shape index (κ2) is 13.8. The Morgan fingerprint density at radius 2 is 1.72 bits per heavy atom. The average Bonchev–Trinajstić information content (AvgIpc) is 3.65. The zero-order valence-corrected chi connectivity index (χ0v) is 33.8. The molecule has 21 heteroatoms. The highest BCUT2D eigenvalue weighted by molar-refractivity contribution is 7.92. The Kier molecular flexibility index (Phi) is 9.46. The third kappa shape index (κ3) is 7.16. The monoisotopic (exact) mass is 878 g/mol. The van der Waals surface area contributed by atoms with Gasteiger partial charge in [0.05, 0.1) is 44.8 Å². The predicted octanol–water partition coefficient (Wildman–Crippen LogP) is 7.40. The van der Waals surface area contributed by atoms with Crippen LogP contribution >= 0.6 is 11.6 Å². The number of aromatic nitrogens is 6. The number of carbonyl (C=O) groups excluding carboxylic acids is 1. The van der Waals surface area contributed by atoms with Gasteiger partial charge in [0.15, 0.2) is 11.5 Å². The Labute approximate surface area is 341 Å². The molecule has 6 aromatic rings. The largest absolute Gasteiger partial charge is 0.435 e. The number of aryl methyl sites for hydroxylation is 1. The summed E-state index contributed by atoms with van der Waals surface area (Å²) < 4.78 is 132. The quantitative estimate of drug-likeness (QED) is 0.144. The highest BCUT2D eigenvalue weighted by Crippen LogP contribution is 2.68. The lowest BCUT2D eigenvalue weighted by Crippen LogP contribution is -2.38. The molecular weight excluding hydrogens is 845 g/mol. The smallest absolute Gasteiger partial charge is 0.344 e. The molecular formula is C39H34ClF7N8O4S. The van der Waals surface area contributed by atoms with Crippen molar-refractivity contribution in [2.45, 2.75) is 69.6 Å². The highest BCUT2D eigenvalue weighted by atomic mass is 35.5. The number of sulfonamides is 1. The number of fused-ring (bicyclic) bond motifs is 5. The third-order valence-corrected chi connectivity index (χ3v) is 11.6. The van der Waals surface area contributed by atoms with Crippen LogP contribution in [0.15, 0.2) is 53.3 Å². The van der Waals surface area contributed by atoms with Crippen molar-refractivity contribution in [2.24, 2.45) is 13.0 Å². The molecule has 0 saturated heterocycles. The number of hydrogen-bond donors (Lipinski definition) is 2. The van der Waals surface area contributed by atoms with E-state index in [2.05, 4.69) is 20.2 Å². The second-order valence-corrected chi connectivity index (χ2v) is 18.3. The van der Waals surface area contributed by atoms with Crippen LogP contribution in [-0.2, 0) is 52.3 Å². The Bertz CT molecular complexity index is 2950. The van der Waals surface area contributed by atoms with E-state index in [0.717, 1.165) is 28.5 Å². The van der Waals surface area contributed by atoms with Crippen molar-refractivity contribution in [3.63, 3.8) is 0 Å². The molecule has 2 N–H and O–H groups in total. The van der Waals surface area contributed by atoms with Crippen LogP contribution in [0.2, 0.25) is 5.02 Å². The molecule has 0 unspecified atom stereocenters. The van der Waals surface area contributed by atoms with Gasteiger partial charge in [-0.05, 0) is 65.3 Å². The summed E-state index contributed by atoms with van der Waals surface area (Å²) in [6.07, 6.45) is -4.88. The summed E-state index contributed by atoms with van der Waals surface area (Å²) in [4.78, 5) is 33.8. The molecule has 0 aliphatic heterocycles. The first-order chi connectivity index (χ1) is 27.8. The molecule has 0 spiro atoms. The van der Waals surface area contributed by atoms with E-state index in [1.807, 2.05) is 20.8 Å². The molecule has 2 aliphatic rings. The lowest BCUT2D eigenvalue weighted by molar-refractivity contribution is -0.142. The number of halogens is 8. The Morgan fingerprint density at radius 3 is 2.35 bits per heavy atom. The molecule has 3 aromatic heterocycles. The molecule has 12 nitrogen and oxygen atoms in total. The zero-order chi connectivity index (χ0) is 43.6. The van der Waals surface area contributed by atoms with Crippen LogP contribution in [0.4, 0.5) is 36.6 Å². The molecule has 8 rings (SSSR count). The third-order valence-electron chi connectivity index (χ3n) is 10.7. The minimum absolute atomic E-state index is 0.00324. The fraction of sp³-hybridized carbons (Fsp3) is 0.359. The normalized spacial score (nSPS) is 17.8. The first-order valence-electron chi connectivity index (χ1n) is 18.3. The van der Waals surface area contributed by atoms with Gasteiger partial charge < -0.3 is 5.32 Å². The molecule has 316 valence electrons. The van der Waals surface area contributed by atoms with Crippen LogP contribution in [0.3, 0.4) is 0 Å². The summed E-state index contributed by atoms with van der Waals surface area (Å²) in [5, 5.41) is 10.5. The standard InChI is InChI=1S/C39H34ClF7N8O4S/c1-37(2,3)18-6-7-21-25(13-18)49-35(55(36(21)57)27-9-8-24(40)30-31(27)53(4)51-34(30)52-60(5,58)59)26(12-17-10-19(41)14-20(42)11-17)48-28(56)16-54-33-29(32(50-54)39(45,46)47)22-15-23(22)38(33,43)44/h6-11,13-14,22-23,26H,12,15-16H2,1-5H3,(H,48,56)(H,51,52)/t22-,23+,26-/m0/s1. The van der Waals surface area contributed by atoms with Gasteiger partial charge in [0.25, 0.3) is 11.5 Å². The van der Waals surface area contributed by atoms with Gasteiger partial charge in [-0.2, -0.15) is 32.1 Å². The van der Waals surface area contributed by atoms with E-state index in [1.165, 1.54) is 29.9 Å². The van der Waals surface area contributed by atoms with Crippen LogP contribution in [0.5, 0.6) is 0 Å². The Morgan fingerprint density at radius 1 is 1.03 bits per heavy atom. The Balaban J connectivity index is 1.35. The summed E-state index contributed by atoms with van der Waals surface area (Å²) in [6, 6.07) is 8.61. The lowest BCUT2D eigenvalue weighted by Gasteiger charge is -2.25. The van der Waals surface area contributed by atoms with Crippen molar-refractivity contribution in [3.05, 3.63) is 109 Å². The SMILES string of the molecule is Cn1nc(NS(C)(=O)=O)c2c(Cl)ccc(-n3c([C@H](Cc4cc(F)cc(F)c4)NC(=O)Cn4nc(C(F)(F)F)c5c4C(F)(F)[C@@H]4C[C@H]54)nc4cc(C(C)(C)C)ccc4c3=O)c21. The molecule has 2 aliphatic carbocycles. The van der Waals surface area contributed by atoms with E-state index >= 15 is 8.78 Å². The molecule has 1 amide bonds. The van der Waals surface area contributed by atoms with Crippen molar-refractivity contribution >= 4 is 55.2 Å². The number of rotatable bonds is 9. The molecule has 0 bridgehead atoms. The lowest BCUT2D eigenvalue weighted by atomic mass is 9.86. The van der Waals surface area contributed by atoms with E-state index in [1.54, 1.807) is 12.1 Å². The van der Waals surface area contributed by atoms with E-state index in [-0.39, 0.29) is 56.1 Å². The topological polar surface area (TPSA) is 146 Å². The molecule has 1 saturated carbocycles. The first kappa shape index (κ1) is 41.2. The van der Waals surface area contributed by atoms with E-state index in [0.29, 0.717) is 10.7 Å². The fourth-order valence-electron chi connectivity index (χ4n) is 8.06. The predicted molar refractivity (Wildman–Crippen MR) is 207 cm³/mol. The van der Waals surface area contributed by atoms with Gasteiger partial charge >= 0.3 is 6.18 Å². The number of amides is 1. The summed E-state index contributed by atoms with van der Waals surface area (Å²) >= 11 is 6.59. The maximum absolute atomic E-state index is 15.5. The van der Waals surface area contributed by atoms with Crippen LogP contribution in [0.25, 0.3) is 27.5 Å². The maximum Gasteiger partial charge on any atom is 0.435 e. The van der Waals surface area contributed by atoms with Crippen LogP contribution in [0, 0.1) is 17.6 Å². The number of carbonyl (C=O) groups is 1. The van der Waals surface area contributed by atoms with Gasteiger partial charge in [-0.15, -0.1) is 0 Å². The fourth-order valence-corrected chi connectivity index (χ4v) is 8.80. The van der Waals surface area contributed by atoms with Crippen molar-refractivity contribution in [1.29, 1.82) is 0 Å². The minimum Gasteiger partial charge on any atom is -0.344 e. The summed E-state index contributed by atoms with van der Waals surface area (Å²) in [7, 11) is -2.47. The maximum atomic E-state index is 15.5. The van der Waals surface area contributed by atoms with Gasteiger partial charge in [0.1, 0.15) is 29.7 Å². The van der Waals surface area contributed by atoms with Crippen molar-refractivity contribution in [3.8, 4) is 5.69 Å². The van der Waals surface area contributed by atoms with Gasteiger partial charge in [-0.1, -0.05) is 38.4 Å². The highest BCUT2D eigenvalue weighted by Gasteiger charge is 2.68. The van der Waals surface area contributed by atoms with E-state index < -0.39 is 98.4 Å². The average molecular weight is 879 g/mol. The summed E-state index contributed by atoms with van der Waals surface area (Å²) in [5.41, 5.74) is -3.50. The molecule has 3 atom stereocenters. The Hall–Kier alpha value is -5.50. The molecule has 3 heterocycles. The van der Waals surface area contributed by atoms with Gasteiger partial charge in [0.2, 0.25) is 15.9 Å². The molecule has 0 radical (unpaired) electrons. The van der Waals surface area contributed by atoms with Gasteiger partial charge in [-0.3, -0.25) is 28.2 Å². The van der Waals surface area contributed by atoms with E-state index in [4.69, 9.17) is 16.6 Å². The number of anilines is 1. The summed E-state index contributed by atoms with van der Waals surface area (Å²) in [5.74, 6) is -9.78. The van der Waals surface area contributed by atoms with Crippen molar-refractivity contribution < 1.29 is 43.9 Å². The number of benzene rings is 3. The van der Waals surface area contributed by atoms with E-state index in [9.17, 15) is 40.0 Å². The second-order valence-electron chi connectivity index (χ2n) is 16.2. The number of nitrogens with zero attached hydrogens (tertiary/aromatic N) is 6. The molecule has 3 aromatic carbocycles. The minimum atomic E-state index is -5.10. The number of hydrogen-bond acceptors (Lipinski definition) is 7. The van der Waals surface area contributed by atoms with Crippen molar-refractivity contribution in [1.82, 2.24) is 34.4 Å². The first-order valence-corrected chi connectivity index (χ1v) is 20.6. The summed E-state index contributed by atoms with van der Waals surface area (Å²) in [6.45, 7) is 4.60. The van der Waals surface area contributed by atoms with Crippen LogP contribution in [0.1, 0.15) is 73.1 Å². The molecule has 60 heavy (non-hydrogen) atoms. The van der Waals surface area contributed by atoms with Gasteiger partial charge in [0, 0.05) is 31.0 Å².